The number of benzene rings is 6. The highest BCUT2D eigenvalue weighted by Gasteiger charge is 2.35. The first-order chi connectivity index (χ1) is 22.5. The fourth-order valence-corrected chi connectivity index (χ4v) is 8.21. The lowest BCUT2D eigenvalue weighted by Gasteiger charge is -2.21. The average Bonchev–Trinajstić information content (AvgIpc) is 3.59. The summed E-state index contributed by atoms with van der Waals surface area (Å²) in [6.07, 6.45) is 0. The predicted octanol–water partition coefficient (Wildman–Crippen LogP) is 11.2. The summed E-state index contributed by atoms with van der Waals surface area (Å²) >= 11 is 1.89. The molecule has 2 heterocycles. The van der Waals surface area contributed by atoms with E-state index in [1.54, 1.807) is 0 Å². The number of hydrogen-bond acceptors (Lipinski definition) is 4. The van der Waals surface area contributed by atoms with Crippen LogP contribution in [-0.4, -0.2) is 15.0 Å². The van der Waals surface area contributed by atoms with Crippen molar-refractivity contribution in [2.75, 3.05) is 0 Å². The first kappa shape index (κ1) is 26.9. The smallest absolute Gasteiger partial charge is 0.164 e. The van der Waals surface area contributed by atoms with E-state index in [0.717, 1.165) is 16.7 Å². The molecule has 4 heteroatoms. The molecule has 1 aliphatic rings. The van der Waals surface area contributed by atoms with Gasteiger partial charge in [0.05, 0.1) is 0 Å². The molecule has 0 saturated carbocycles. The van der Waals surface area contributed by atoms with E-state index in [0.29, 0.717) is 17.5 Å². The number of nitrogens with zero attached hydrogens (tertiary/aromatic N) is 3. The molecule has 6 aromatic carbocycles. The molecule has 0 fully saturated rings. The maximum absolute atomic E-state index is 4.92. The minimum Gasteiger partial charge on any atom is -0.208 e. The summed E-state index contributed by atoms with van der Waals surface area (Å²) in [6.45, 7) is 4.70. The summed E-state index contributed by atoms with van der Waals surface area (Å²) in [6, 6.07) is 49.3. The zero-order chi connectivity index (χ0) is 30.8. The Balaban J connectivity index is 1.14. The zero-order valence-corrected chi connectivity index (χ0v) is 26.3. The van der Waals surface area contributed by atoms with Gasteiger partial charge in [0.15, 0.2) is 17.5 Å². The number of fused-ring (bicyclic) bond motifs is 6. The summed E-state index contributed by atoms with van der Waals surface area (Å²) < 4.78 is 2.65. The van der Waals surface area contributed by atoms with Crippen LogP contribution in [0.4, 0.5) is 0 Å². The van der Waals surface area contributed by atoms with Crippen LogP contribution in [0, 0.1) is 0 Å². The number of aromatic nitrogens is 3. The molecule has 0 amide bonds. The van der Waals surface area contributed by atoms with Gasteiger partial charge >= 0.3 is 0 Å². The fourth-order valence-electron chi connectivity index (χ4n) is 6.96. The minimum atomic E-state index is -0.0163. The minimum absolute atomic E-state index is 0.0163. The maximum Gasteiger partial charge on any atom is 0.164 e. The van der Waals surface area contributed by atoms with Gasteiger partial charge in [0, 0.05) is 42.3 Å². The van der Waals surface area contributed by atoms with Crippen molar-refractivity contribution in [2.45, 2.75) is 19.3 Å². The van der Waals surface area contributed by atoms with Gasteiger partial charge in [0.2, 0.25) is 0 Å². The van der Waals surface area contributed by atoms with Gasteiger partial charge in [-0.2, -0.15) is 0 Å². The molecule has 1 aliphatic carbocycles. The second kappa shape index (κ2) is 10.3. The van der Waals surface area contributed by atoms with Crippen molar-refractivity contribution in [1.29, 1.82) is 0 Å². The third-order valence-electron chi connectivity index (χ3n) is 9.35. The highest BCUT2D eigenvalue weighted by atomic mass is 32.1. The monoisotopic (exact) mass is 607 g/mol. The van der Waals surface area contributed by atoms with E-state index in [2.05, 4.69) is 92.7 Å². The molecule has 218 valence electrons. The van der Waals surface area contributed by atoms with E-state index in [-0.39, 0.29) is 5.41 Å². The van der Waals surface area contributed by atoms with Gasteiger partial charge in [-0.25, -0.2) is 15.0 Å². The van der Waals surface area contributed by atoms with Crippen LogP contribution in [0.2, 0.25) is 0 Å². The summed E-state index contributed by atoms with van der Waals surface area (Å²) in [4.78, 5) is 14.7. The van der Waals surface area contributed by atoms with Gasteiger partial charge < -0.3 is 0 Å². The van der Waals surface area contributed by atoms with Crippen LogP contribution in [0.15, 0.2) is 140 Å². The molecule has 0 bridgehead atoms. The molecule has 0 radical (unpaired) electrons. The van der Waals surface area contributed by atoms with Gasteiger partial charge in [-0.3, -0.25) is 0 Å². The third kappa shape index (κ3) is 4.22. The quantitative estimate of drug-likeness (QED) is 0.200. The van der Waals surface area contributed by atoms with Crippen LogP contribution in [-0.2, 0) is 5.41 Å². The van der Waals surface area contributed by atoms with Crippen LogP contribution in [0.3, 0.4) is 0 Å². The number of rotatable bonds is 4. The normalized spacial score (nSPS) is 13.2. The SMILES string of the molecule is CC1(C)c2ccccc2-c2cc3sc4c(-c5ccc(-c6nc(-c7ccccc7)nc(-c7ccccc7)n6)cc5)cccc4c3cc21. The lowest BCUT2D eigenvalue weighted by molar-refractivity contribution is 0.661. The lowest BCUT2D eigenvalue weighted by Crippen LogP contribution is -2.14. The first-order valence-corrected chi connectivity index (χ1v) is 16.4. The van der Waals surface area contributed by atoms with Gasteiger partial charge in [0.25, 0.3) is 0 Å². The van der Waals surface area contributed by atoms with Crippen LogP contribution >= 0.6 is 11.3 Å². The van der Waals surface area contributed by atoms with Crippen molar-refractivity contribution in [2.24, 2.45) is 0 Å². The highest BCUT2D eigenvalue weighted by molar-refractivity contribution is 7.26. The van der Waals surface area contributed by atoms with Crippen molar-refractivity contribution in [3.8, 4) is 56.4 Å². The van der Waals surface area contributed by atoms with Crippen LogP contribution < -0.4 is 0 Å². The van der Waals surface area contributed by atoms with E-state index in [1.165, 1.54) is 53.6 Å². The average molecular weight is 608 g/mol. The molecular formula is C42H29N3S. The largest absolute Gasteiger partial charge is 0.208 e. The molecular weight excluding hydrogens is 579 g/mol. The van der Waals surface area contributed by atoms with E-state index >= 15 is 0 Å². The summed E-state index contributed by atoms with van der Waals surface area (Å²) in [7, 11) is 0. The first-order valence-electron chi connectivity index (χ1n) is 15.6. The molecule has 46 heavy (non-hydrogen) atoms. The summed E-state index contributed by atoms with van der Waals surface area (Å²) in [5, 5.41) is 2.65. The summed E-state index contributed by atoms with van der Waals surface area (Å²) in [5.41, 5.74) is 10.9. The van der Waals surface area contributed by atoms with Crippen LogP contribution in [0.25, 0.3) is 76.6 Å². The van der Waals surface area contributed by atoms with E-state index in [9.17, 15) is 0 Å². The molecule has 2 aromatic heterocycles. The van der Waals surface area contributed by atoms with Gasteiger partial charge in [-0.1, -0.05) is 141 Å². The Kier molecular flexibility index (Phi) is 6.02. The summed E-state index contributed by atoms with van der Waals surface area (Å²) in [5.74, 6) is 2.00. The topological polar surface area (TPSA) is 38.7 Å². The molecule has 0 atom stereocenters. The molecule has 0 aliphatic heterocycles. The molecule has 3 nitrogen and oxygen atoms in total. The van der Waals surface area contributed by atoms with E-state index in [4.69, 9.17) is 15.0 Å². The van der Waals surface area contributed by atoms with Crippen LogP contribution in [0.5, 0.6) is 0 Å². The van der Waals surface area contributed by atoms with Crippen molar-refractivity contribution in [3.05, 3.63) is 151 Å². The standard InChI is InChI=1S/C42H29N3S/c1-42(2)35-19-10-9-16-31(35)33-25-37-34(24-36(33)42)32-18-11-17-30(38(32)46-37)26-20-22-29(23-21-26)41-44-39(27-12-5-3-6-13-27)43-40(45-41)28-14-7-4-8-15-28/h3-25H,1-2H3. The van der Waals surface area contributed by atoms with Crippen molar-refractivity contribution in [1.82, 2.24) is 15.0 Å². The van der Waals surface area contributed by atoms with Gasteiger partial charge in [0.1, 0.15) is 0 Å². The molecule has 8 aromatic rings. The Morgan fingerprint density at radius 2 is 0.978 bits per heavy atom. The van der Waals surface area contributed by atoms with Crippen molar-refractivity contribution >= 4 is 31.5 Å². The van der Waals surface area contributed by atoms with E-state index < -0.39 is 0 Å². The Morgan fingerprint density at radius 3 is 1.63 bits per heavy atom. The Morgan fingerprint density at radius 1 is 0.435 bits per heavy atom. The second-order valence-electron chi connectivity index (χ2n) is 12.5. The highest BCUT2D eigenvalue weighted by Crippen LogP contribution is 2.52. The maximum atomic E-state index is 4.92. The van der Waals surface area contributed by atoms with E-state index in [1.807, 2.05) is 72.0 Å². The second-order valence-corrected chi connectivity index (χ2v) is 13.5. The number of thiophene rings is 1. The number of hydrogen-bond donors (Lipinski definition) is 0. The molecule has 0 unspecified atom stereocenters. The lowest BCUT2D eigenvalue weighted by atomic mass is 9.82. The van der Waals surface area contributed by atoms with Gasteiger partial charge in [-0.15, -0.1) is 11.3 Å². The fraction of sp³-hybridized carbons (Fsp3) is 0.0714. The molecule has 0 spiro atoms. The zero-order valence-electron chi connectivity index (χ0n) is 25.5. The predicted molar refractivity (Wildman–Crippen MR) is 192 cm³/mol. The Labute approximate surface area is 271 Å². The molecule has 0 saturated heterocycles. The molecule has 0 N–H and O–H groups in total. The Hall–Kier alpha value is -5.45. The Bertz CT molecular complexity index is 2370. The van der Waals surface area contributed by atoms with Gasteiger partial charge in [-0.05, 0) is 45.5 Å². The van der Waals surface area contributed by atoms with Crippen molar-refractivity contribution in [3.63, 3.8) is 0 Å². The van der Waals surface area contributed by atoms with Crippen LogP contribution in [0.1, 0.15) is 25.0 Å². The molecule has 9 rings (SSSR count). The van der Waals surface area contributed by atoms with Crippen molar-refractivity contribution < 1.29 is 0 Å². The third-order valence-corrected chi connectivity index (χ3v) is 10.6.